The predicted octanol–water partition coefficient (Wildman–Crippen LogP) is 2.97. The summed E-state index contributed by atoms with van der Waals surface area (Å²) in [5, 5.41) is 3.71. The Bertz CT molecular complexity index is 193. The molecular formula is C14H27NO. The summed E-state index contributed by atoms with van der Waals surface area (Å²) in [4.78, 5) is 0. The molecule has 1 saturated heterocycles. The van der Waals surface area contributed by atoms with E-state index >= 15 is 0 Å². The third-order valence-electron chi connectivity index (χ3n) is 4.39. The van der Waals surface area contributed by atoms with E-state index in [0.29, 0.717) is 5.41 Å². The first-order valence-electron chi connectivity index (χ1n) is 7.07. The van der Waals surface area contributed by atoms with Crippen molar-refractivity contribution in [1.29, 1.82) is 0 Å². The highest BCUT2D eigenvalue weighted by Crippen LogP contribution is 2.34. The fourth-order valence-electron chi connectivity index (χ4n) is 3.11. The normalized spacial score (nSPS) is 26.8. The first-order valence-corrected chi connectivity index (χ1v) is 7.07. The summed E-state index contributed by atoms with van der Waals surface area (Å²) in [6, 6.07) is 0. The van der Waals surface area contributed by atoms with Crippen LogP contribution in [0.25, 0.3) is 0 Å². The van der Waals surface area contributed by atoms with Crippen LogP contribution in [0.5, 0.6) is 0 Å². The van der Waals surface area contributed by atoms with Crippen molar-refractivity contribution in [3.8, 4) is 0 Å². The van der Waals surface area contributed by atoms with Gasteiger partial charge in [-0.2, -0.15) is 0 Å². The predicted molar refractivity (Wildman–Crippen MR) is 67.6 cm³/mol. The minimum atomic E-state index is 0.587. The first-order chi connectivity index (χ1) is 7.79. The topological polar surface area (TPSA) is 21.3 Å². The van der Waals surface area contributed by atoms with E-state index in [1.54, 1.807) is 0 Å². The quantitative estimate of drug-likeness (QED) is 0.794. The number of rotatable bonds is 4. The lowest BCUT2D eigenvalue weighted by Crippen LogP contribution is -2.37. The van der Waals surface area contributed by atoms with Gasteiger partial charge in [0, 0.05) is 19.8 Å². The number of ether oxygens (including phenoxy) is 1. The molecular weight excluding hydrogens is 198 g/mol. The van der Waals surface area contributed by atoms with Crippen molar-refractivity contribution in [2.24, 2.45) is 11.3 Å². The highest BCUT2D eigenvalue weighted by atomic mass is 16.5. The van der Waals surface area contributed by atoms with Crippen LogP contribution in [0.2, 0.25) is 0 Å². The molecule has 2 fully saturated rings. The van der Waals surface area contributed by atoms with Crippen LogP contribution in [0.15, 0.2) is 0 Å². The fourth-order valence-corrected chi connectivity index (χ4v) is 3.11. The molecule has 0 amide bonds. The van der Waals surface area contributed by atoms with Crippen molar-refractivity contribution >= 4 is 0 Å². The van der Waals surface area contributed by atoms with Crippen LogP contribution in [0.1, 0.15) is 51.9 Å². The van der Waals surface area contributed by atoms with E-state index < -0.39 is 0 Å². The molecule has 2 aliphatic rings. The molecule has 94 valence electrons. The van der Waals surface area contributed by atoms with Gasteiger partial charge in [-0.3, -0.25) is 0 Å². The summed E-state index contributed by atoms with van der Waals surface area (Å²) in [7, 11) is 0. The second kappa shape index (κ2) is 6.02. The Morgan fingerprint density at radius 3 is 2.50 bits per heavy atom. The molecule has 0 spiro atoms. The molecule has 0 aromatic rings. The lowest BCUT2D eigenvalue weighted by atomic mass is 9.75. The molecule has 0 unspecified atom stereocenters. The van der Waals surface area contributed by atoms with Gasteiger partial charge in [-0.1, -0.05) is 26.2 Å². The van der Waals surface area contributed by atoms with Gasteiger partial charge in [0.15, 0.2) is 0 Å². The third kappa shape index (κ3) is 3.74. The van der Waals surface area contributed by atoms with Crippen LogP contribution >= 0.6 is 0 Å². The minimum absolute atomic E-state index is 0.587. The molecule has 1 heterocycles. The average Bonchev–Trinajstić information content (AvgIpc) is 2.31. The Morgan fingerprint density at radius 1 is 1.12 bits per heavy atom. The van der Waals surface area contributed by atoms with Gasteiger partial charge in [0.25, 0.3) is 0 Å². The standard InChI is InChI=1S/C14H27NO/c1-14(7-3-2-4-8-14)12-15-11-13-5-9-16-10-6-13/h13,15H,2-12H2,1H3. The monoisotopic (exact) mass is 225 g/mol. The molecule has 1 saturated carbocycles. The zero-order valence-corrected chi connectivity index (χ0v) is 10.8. The Hall–Kier alpha value is -0.0800. The van der Waals surface area contributed by atoms with Gasteiger partial charge in [-0.05, 0) is 43.6 Å². The Kier molecular flexibility index (Phi) is 4.66. The van der Waals surface area contributed by atoms with Gasteiger partial charge in [0.05, 0.1) is 0 Å². The Morgan fingerprint density at radius 2 is 1.81 bits per heavy atom. The van der Waals surface area contributed by atoms with Gasteiger partial charge in [-0.25, -0.2) is 0 Å². The lowest BCUT2D eigenvalue weighted by molar-refractivity contribution is 0.0649. The average molecular weight is 225 g/mol. The van der Waals surface area contributed by atoms with Crippen LogP contribution in [0.3, 0.4) is 0 Å². The van der Waals surface area contributed by atoms with Crippen LogP contribution in [-0.2, 0) is 4.74 Å². The molecule has 0 aromatic carbocycles. The zero-order chi connectivity index (χ0) is 11.3. The molecule has 1 N–H and O–H groups in total. The molecule has 1 aliphatic carbocycles. The summed E-state index contributed by atoms with van der Waals surface area (Å²) in [6.07, 6.45) is 9.69. The maximum Gasteiger partial charge on any atom is 0.0469 e. The number of hydrogen-bond acceptors (Lipinski definition) is 2. The van der Waals surface area contributed by atoms with Gasteiger partial charge in [-0.15, -0.1) is 0 Å². The molecule has 2 heteroatoms. The third-order valence-corrected chi connectivity index (χ3v) is 4.39. The van der Waals surface area contributed by atoms with Crippen molar-refractivity contribution in [3.05, 3.63) is 0 Å². The molecule has 0 aromatic heterocycles. The maximum atomic E-state index is 5.39. The van der Waals surface area contributed by atoms with Gasteiger partial charge in [0.2, 0.25) is 0 Å². The van der Waals surface area contributed by atoms with Crippen LogP contribution < -0.4 is 5.32 Å². The van der Waals surface area contributed by atoms with E-state index in [9.17, 15) is 0 Å². The lowest BCUT2D eigenvalue weighted by Gasteiger charge is -2.34. The van der Waals surface area contributed by atoms with Gasteiger partial charge in [0.1, 0.15) is 0 Å². The van der Waals surface area contributed by atoms with E-state index in [1.807, 2.05) is 0 Å². The maximum absolute atomic E-state index is 5.39. The van der Waals surface area contributed by atoms with Crippen molar-refractivity contribution in [1.82, 2.24) is 5.32 Å². The van der Waals surface area contributed by atoms with E-state index in [2.05, 4.69) is 12.2 Å². The summed E-state index contributed by atoms with van der Waals surface area (Å²) >= 11 is 0. The summed E-state index contributed by atoms with van der Waals surface area (Å²) in [6.45, 7) is 6.85. The molecule has 0 bridgehead atoms. The number of nitrogens with one attached hydrogen (secondary N) is 1. The highest BCUT2D eigenvalue weighted by Gasteiger charge is 2.26. The smallest absolute Gasteiger partial charge is 0.0469 e. The van der Waals surface area contributed by atoms with Crippen LogP contribution in [0, 0.1) is 11.3 Å². The fraction of sp³-hybridized carbons (Fsp3) is 1.00. The van der Waals surface area contributed by atoms with Crippen molar-refractivity contribution in [2.45, 2.75) is 51.9 Å². The van der Waals surface area contributed by atoms with E-state index in [4.69, 9.17) is 4.74 Å². The molecule has 0 radical (unpaired) electrons. The summed E-state index contributed by atoms with van der Waals surface area (Å²) in [5.74, 6) is 0.862. The molecule has 0 atom stereocenters. The van der Waals surface area contributed by atoms with Gasteiger partial charge < -0.3 is 10.1 Å². The molecule has 2 rings (SSSR count). The van der Waals surface area contributed by atoms with Gasteiger partial charge >= 0.3 is 0 Å². The highest BCUT2D eigenvalue weighted by molar-refractivity contribution is 4.81. The summed E-state index contributed by atoms with van der Waals surface area (Å²) < 4.78 is 5.39. The Labute approximate surface area is 100 Å². The second-order valence-corrected chi connectivity index (χ2v) is 6.06. The van der Waals surface area contributed by atoms with Crippen LogP contribution in [0.4, 0.5) is 0 Å². The van der Waals surface area contributed by atoms with E-state index in [1.165, 1.54) is 58.0 Å². The van der Waals surface area contributed by atoms with Crippen molar-refractivity contribution < 1.29 is 4.74 Å². The van der Waals surface area contributed by atoms with E-state index in [-0.39, 0.29) is 0 Å². The van der Waals surface area contributed by atoms with Crippen LogP contribution in [-0.4, -0.2) is 26.3 Å². The van der Waals surface area contributed by atoms with Crippen molar-refractivity contribution in [2.75, 3.05) is 26.3 Å². The molecule has 16 heavy (non-hydrogen) atoms. The first kappa shape index (κ1) is 12.4. The summed E-state index contributed by atoms with van der Waals surface area (Å²) in [5.41, 5.74) is 0.587. The Balaban J connectivity index is 1.62. The second-order valence-electron chi connectivity index (χ2n) is 6.06. The minimum Gasteiger partial charge on any atom is -0.381 e. The number of hydrogen-bond donors (Lipinski definition) is 1. The SMILES string of the molecule is CC1(CNCC2CCOCC2)CCCCC1. The largest absolute Gasteiger partial charge is 0.381 e. The molecule has 1 aliphatic heterocycles. The van der Waals surface area contributed by atoms with E-state index in [0.717, 1.165) is 19.1 Å². The van der Waals surface area contributed by atoms with Crippen molar-refractivity contribution in [3.63, 3.8) is 0 Å². The molecule has 2 nitrogen and oxygen atoms in total. The zero-order valence-electron chi connectivity index (χ0n) is 10.8.